The van der Waals surface area contributed by atoms with Crippen molar-refractivity contribution in [2.24, 2.45) is 0 Å². The maximum Gasteiger partial charge on any atom is 0.153 e. The Morgan fingerprint density at radius 1 is 1.42 bits per heavy atom. The summed E-state index contributed by atoms with van der Waals surface area (Å²) < 4.78 is 1.00. The van der Waals surface area contributed by atoms with E-state index in [1.807, 2.05) is 6.92 Å². The molecular formula is C9H9IO2. The Kier molecular flexibility index (Phi) is 2.72. The highest BCUT2D eigenvalue weighted by Crippen LogP contribution is 2.27. The number of phenolic OH excluding ortho intramolecular Hbond substituents is 1. The Labute approximate surface area is 84.7 Å². The summed E-state index contributed by atoms with van der Waals surface area (Å²) in [7, 11) is 0. The van der Waals surface area contributed by atoms with Gasteiger partial charge in [0.15, 0.2) is 6.29 Å². The van der Waals surface area contributed by atoms with Crippen molar-refractivity contribution in [1.29, 1.82) is 0 Å². The molecule has 0 bridgehead atoms. The first kappa shape index (κ1) is 9.51. The van der Waals surface area contributed by atoms with Gasteiger partial charge in [0, 0.05) is 3.57 Å². The summed E-state index contributed by atoms with van der Waals surface area (Å²) >= 11 is 2.15. The van der Waals surface area contributed by atoms with Crippen molar-refractivity contribution in [2.75, 3.05) is 0 Å². The minimum Gasteiger partial charge on any atom is -0.507 e. The van der Waals surface area contributed by atoms with Crippen LogP contribution in [0.3, 0.4) is 0 Å². The van der Waals surface area contributed by atoms with Crippen molar-refractivity contribution >= 4 is 28.9 Å². The molecule has 3 heteroatoms. The molecule has 0 saturated heterocycles. The molecule has 1 N–H and O–H groups in total. The van der Waals surface area contributed by atoms with Crippen LogP contribution in [0.1, 0.15) is 21.5 Å². The van der Waals surface area contributed by atoms with Crippen LogP contribution in [0.2, 0.25) is 0 Å². The zero-order chi connectivity index (χ0) is 9.30. The maximum atomic E-state index is 10.5. The van der Waals surface area contributed by atoms with E-state index < -0.39 is 0 Å². The van der Waals surface area contributed by atoms with Crippen LogP contribution >= 0.6 is 22.6 Å². The highest BCUT2D eigenvalue weighted by Gasteiger charge is 2.08. The summed E-state index contributed by atoms with van der Waals surface area (Å²) in [5.74, 6) is 0.0999. The van der Waals surface area contributed by atoms with E-state index in [1.54, 1.807) is 13.0 Å². The van der Waals surface area contributed by atoms with Gasteiger partial charge in [0.05, 0.1) is 5.56 Å². The molecule has 0 fully saturated rings. The molecule has 0 radical (unpaired) electrons. The van der Waals surface area contributed by atoms with E-state index in [1.165, 1.54) is 0 Å². The lowest BCUT2D eigenvalue weighted by atomic mass is 10.1. The van der Waals surface area contributed by atoms with Gasteiger partial charge in [-0.1, -0.05) is 0 Å². The summed E-state index contributed by atoms with van der Waals surface area (Å²) in [4.78, 5) is 10.5. The molecule has 0 saturated carbocycles. The van der Waals surface area contributed by atoms with Crippen LogP contribution in [0, 0.1) is 17.4 Å². The molecule has 0 spiro atoms. The molecule has 0 amide bonds. The quantitative estimate of drug-likeness (QED) is 0.631. The van der Waals surface area contributed by atoms with Crippen molar-refractivity contribution < 1.29 is 9.90 Å². The van der Waals surface area contributed by atoms with Crippen molar-refractivity contribution in [3.8, 4) is 5.75 Å². The molecule has 1 aromatic rings. The number of carbonyl (C=O) groups excluding carboxylic acids is 1. The van der Waals surface area contributed by atoms with Crippen LogP contribution in [0.15, 0.2) is 6.07 Å². The average molecular weight is 276 g/mol. The zero-order valence-corrected chi connectivity index (χ0v) is 9.05. The second-order valence-corrected chi connectivity index (χ2v) is 3.83. The lowest BCUT2D eigenvalue weighted by molar-refractivity contribution is 0.112. The third kappa shape index (κ3) is 1.46. The third-order valence-corrected chi connectivity index (χ3v) is 3.08. The standard InChI is InChI=1S/C9H9IO2/c1-5-6(2)9(12)7(4-11)3-8(5)10/h3-4,12H,1-2H3. The van der Waals surface area contributed by atoms with Crippen molar-refractivity contribution in [2.45, 2.75) is 13.8 Å². The van der Waals surface area contributed by atoms with E-state index in [2.05, 4.69) is 22.6 Å². The second-order valence-electron chi connectivity index (χ2n) is 2.66. The molecule has 0 unspecified atom stereocenters. The number of aldehydes is 1. The van der Waals surface area contributed by atoms with E-state index >= 15 is 0 Å². The second kappa shape index (κ2) is 3.43. The van der Waals surface area contributed by atoms with E-state index in [4.69, 9.17) is 0 Å². The Morgan fingerprint density at radius 3 is 2.50 bits per heavy atom. The van der Waals surface area contributed by atoms with Gasteiger partial charge in [0.25, 0.3) is 0 Å². The molecule has 0 heterocycles. The first-order chi connectivity index (χ1) is 5.57. The van der Waals surface area contributed by atoms with Crippen LogP contribution in [0.4, 0.5) is 0 Å². The lowest BCUT2D eigenvalue weighted by Gasteiger charge is -2.07. The molecule has 0 aliphatic carbocycles. The number of hydrogen-bond donors (Lipinski definition) is 1. The molecule has 0 aromatic heterocycles. The number of benzene rings is 1. The van der Waals surface area contributed by atoms with Gasteiger partial charge in [-0.15, -0.1) is 0 Å². The lowest BCUT2D eigenvalue weighted by Crippen LogP contribution is -1.92. The monoisotopic (exact) mass is 276 g/mol. The predicted molar refractivity (Wildman–Crippen MR) is 55.7 cm³/mol. The predicted octanol–water partition coefficient (Wildman–Crippen LogP) is 2.43. The van der Waals surface area contributed by atoms with Crippen molar-refractivity contribution in [1.82, 2.24) is 0 Å². The van der Waals surface area contributed by atoms with Crippen molar-refractivity contribution in [3.05, 3.63) is 26.3 Å². The fourth-order valence-corrected chi connectivity index (χ4v) is 1.72. The van der Waals surface area contributed by atoms with E-state index in [0.717, 1.165) is 14.7 Å². The molecule has 0 aliphatic rings. The highest BCUT2D eigenvalue weighted by molar-refractivity contribution is 14.1. The number of hydrogen-bond acceptors (Lipinski definition) is 2. The maximum absolute atomic E-state index is 10.5. The number of phenols is 1. The molecule has 2 nitrogen and oxygen atoms in total. The fourth-order valence-electron chi connectivity index (χ4n) is 0.976. The van der Waals surface area contributed by atoms with Gasteiger partial charge in [-0.05, 0) is 53.6 Å². The number of rotatable bonds is 1. The van der Waals surface area contributed by atoms with Crippen LogP contribution in [0.25, 0.3) is 0 Å². The largest absolute Gasteiger partial charge is 0.507 e. The van der Waals surface area contributed by atoms with E-state index in [0.29, 0.717) is 11.8 Å². The van der Waals surface area contributed by atoms with Gasteiger partial charge in [-0.3, -0.25) is 4.79 Å². The molecule has 0 atom stereocenters. The first-order valence-corrected chi connectivity index (χ1v) is 4.59. The summed E-state index contributed by atoms with van der Waals surface area (Å²) in [5, 5.41) is 9.47. The molecule has 12 heavy (non-hydrogen) atoms. The normalized spacial score (nSPS) is 9.92. The summed E-state index contributed by atoms with van der Waals surface area (Å²) in [5.41, 5.74) is 2.17. The SMILES string of the molecule is Cc1c(I)cc(C=O)c(O)c1C. The minimum absolute atomic E-state index is 0.0999. The molecule has 64 valence electrons. The average Bonchev–Trinajstić information content (AvgIpc) is 2.08. The van der Waals surface area contributed by atoms with Crippen LogP contribution < -0.4 is 0 Å². The Bertz CT molecular complexity index is 332. The Hall–Kier alpha value is -0.580. The van der Waals surface area contributed by atoms with Crippen molar-refractivity contribution in [3.63, 3.8) is 0 Å². The van der Waals surface area contributed by atoms with Crippen LogP contribution in [-0.2, 0) is 0 Å². The van der Waals surface area contributed by atoms with Gasteiger partial charge in [-0.25, -0.2) is 0 Å². The van der Waals surface area contributed by atoms with Gasteiger partial charge in [0.1, 0.15) is 5.75 Å². The topological polar surface area (TPSA) is 37.3 Å². The number of halogens is 1. The Balaban J connectivity index is 3.49. The smallest absolute Gasteiger partial charge is 0.153 e. The van der Waals surface area contributed by atoms with E-state index in [-0.39, 0.29) is 5.75 Å². The van der Waals surface area contributed by atoms with Crippen LogP contribution in [-0.4, -0.2) is 11.4 Å². The highest BCUT2D eigenvalue weighted by atomic mass is 127. The molecule has 1 rings (SSSR count). The minimum atomic E-state index is 0.0999. The zero-order valence-electron chi connectivity index (χ0n) is 6.89. The summed E-state index contributed by atoms with van der Waals surface area (Å²) in [6.07, 6.45) is 0.671. The first-order valence-electron chi connectivity index (χ1n) is 3.51. The fraction of sp³-hybridized carbons (Fsp3) is 0.222. The molecule has 1 aromatic carbocycles. The van der Waals surface area contributed by atoms with Gasteiger partial charge < -0.3 is 5.11 Å². The van der Waals surface area contributed by atoms with Gasteiger partial charge in [-0.2, -0.15) is 0 Å². The summed E-state index contributed by atoms with van der Waals surface area (Å²) in [6, 6.07) is 1.69. The molecular weight excluding hydrogens is 267 g/mol. The summed E-state index contributed by atoms with van der Waals surface area (Å²) in [6.45, 7) is 3.73. The Morgan fingerprint density at radius 2 is 2.00 bits per heavy atom. The number of carbonyl (C=O) groups is 1. The number of aromatic hydroxyl groups is 1. The van der Waals surface area contributed by atoms with Crippen LogP contribution in [0.5, 0.6) is 5.75 Å². The molecule has 0 aliphatic heterocycles. The van der Waals surface area contributed by atoms with Gasteiger partial charge >= 0.3 is 0 Å². The van der Waals surface area contributed by atoms with E-state index in [9.17, 15) is 9.90 Å². The van der Waals surface area contributed by atoms with Gasteiger partial charge in [0.2, 0.25) is 0 Å². The third-order valence-electron chi connectivity index (χ3n) is 1.96.